The van der Waals surface area contributed by atoms with Crippen LogP contribution in [0.5, 0.6) is 5.75 Å². The number of hydrogen-bond donors (Lipinski definition) is 2. The third kappa shape index (κ3) is 4.34. The molecule has 37 heavy (non-hydrogen) atoms. The van der Waals surface area contributed by atoms with E-state index >= 15 is 0 Å². The lowest BCUT2D eigenvalue weighted by molar-refractivity contribution is 0.0517. The van der Waals surface area contributed by atoms with Gasteiger partial charge < -0.3 is 24.8 Å². The van der Waals surface area contributed by atoms with E-state index in [4.69, 9.17) is 14.5 Å². The van der Waals surface area contributed by atoms with Gasteiger partial charge in [-0.05, 0) is 44.4 Å². The molecule has 0 amide bonds. The predicted octanol–water partition coefficient (Wildman–Crippen LogP) is 4.50. The second-order valence-electron chi connectivity index (χ2n) is 9.09. The fourth-order valence-electron chi connectivity index (χ4n) is 5.34. The number of imidazole rings is 1. The summed E-state index contributed by atoms with van der Waals surface area (Å²) in [4.78, 5) is 40.3. The largest absolute Gasteiger partial charge is 0.495 e. The summed E-state index contributed by atoms with van der Waals surface area (Å²) in [5.74, 6) is 0.0211. The molecule has 1 aliphatic heterocycles. The van der Waals surface area contributed by atoms with E-state index in [1.165, 1.54) is 19.2 Å². The van der Waals surface area contributed by atoms with Crippen molar-refractivity contribution in [2.24, 2.45) is 0 Å². The number of esters is 1. The summed E-state index contributed by atoms with van der Waals surface area (Å²) in [7, 11) is 1.48. The van der Waals surface area contributed by atoms with E-state index in [2.05, 4.69) is 27.1 Å². The summed E-state index contributed by atoms with van der Waals surface area (Å²) in [5.41, 5.74) is 2.55. The van der Waals surface area contributed by atoms with E-state index in [0.29, 0.717) is 23.1 Å². The van der Waals surface area contributed by atoms with Crippen LogP contribution in [0.4, 0.5) is 17.5 Å². The Hall–Kier alpha value is -4.15. The molecule has 1 aliphatic carbocycles. The van der Waals surface area contributed by atoms with Crippen molar-refractivity contribution in [2.75, 3.05) is 23.9 Å². The van der Waals surface area contributed by atoms with Gasteiger partial charge in [-0.1, -0.05) is 19.8 Å². The zero-order valence-electron chi connectivity index (χ0n) is 21.1. The van der Waals surface area contributed by atoms with Gasteiger partial charge in [0, 0.05) is 6.04 Å². The maximum Gasteiger partial charge on any atom is 0.358 e. The maximum atomic E-state index is 12.8. The SMILES string of the molecule is CCOC(=O)c1ncn2c1[C@@H](CC)N(C1CCCC1)c1nc(Nc3ccc(C(=O)O)cc3OC)ncc1-2. The number of ether oxygens (including phenoxy) is 2. The van der Waals surface area contributed by atoms with Crippen molar-refractivity contribution in [3.05, 3.63) is 47.7 Å². The molecule has 5 rings (SSSR count). The number of nitrogens with zero attached hydrogens (tertiary/aromatic N) is 5. The normalized spacial score (nSPS) is 16.7. The van der Waals surface area contributed by atoms with Crippen LogP contribution in [0.2, 0.25) is 0 Å². The first kappa shape index (κ1) is 24.5. The molecule has 3 heterocycles. The van der Waals surface area contributed by atoms with Gasteiger partial charge in [0.2, 0.25) is 5.95 Å². The monoisotopic (exact) mass is 506 g/mol. The summed E-state index contributed by atoms with van der Waals surface area (Å²) < 4.78 is 12.6. The van der Waals surface area contributed by atoms with Gasteiger partial charge in [0.1, 0.15) is 17.8 Å². The van der Waals surface area contributed by atoms with Gasteiger partial charge in [0.15, 0.2) is 11.5 Å². The molecule has 11 heteroatoms. The van der Waals surface area contributed by atoms with Crippen LogP contribution in [0.25, 0.3) is 5.69 Å². The average Bonchev–Trinajstić information content (AvgIpc) is 3.58. The maximum absolute atomic E-state index is 12.8. The van der Waals surface area contributed by atoms with Crippen LogP contribution in [-0.4, -0.2) is 56.3 Å². The Balaban J connectivity index is 1.60. The zero-order valence-corrected chi connectivity index (χ0v) is 21.1. The molecule has 1 fully saturated rings. The number of anilines is 3. The fraction of sp³-hybridized carbons (Fsp3) is 0.423. The minimum absolute atomic E-state index is 0.107. The van der Waals surface area contributed by atoms with Crippen molar-refractivity contribution >= 4 is 29.4 Å². The molecule has 194 valence electrons. The highest BCUT2D eigenvalue weighted by Gasteiger charge is 2.40. The van der Waals surface area contributed by atoms with Crippen LogP contribution >= 0.6 is 0 Å². The first-order valence-corrected chi connectivity index (χ1v) is 12.5. The summed E-state index contributed by atoms with van der Waals surface area (Å²) in [6.45, 7) is 4.16. The van der Waals surface area contributed by atoms with E-state index in [1.54, 1.807) is 25.5 Å². The van der Waals surface area contributed by atoms with E-state index in [9.17, 15) is 14.7 Å². The van der Waals surface area contributed by atoms with Crippen molar-refractivity contribution < 1.29 is 24.2 Å². The quantitative estimate of drug-likeness (QED) is 0.421. The first-order valence-electron chi connectivity index (χ1n) is 12.5. The van der Waals surface area contributed by atoms with Gasteiger partial charge in [-0.2, -0.15) is 4.98 Å². The van der Waals surface area contributed by atoms with Gasteiger partial charge in [-0.3, -0.25) is 4.57 Å². The Morgan fingerprint density at radius 3 is 2.65 bits per heavy atom. The van der Waals surface area contributed by atoms with Crippen LogP contribution in [0.1, 0.15) is 78.5 Å². The number of fused-ring (bicyclic) bond motifs is 3. The van der Waals surface area contributed by atoms with Gasteiger partial charge >= 0.3 is 11.9 Å². The standard InChI is InChI=1S/C26H30N6O5/c1-4-18-22-21(25(35)37-5-2)28-14-31(22)19-13-27-26(30-23(19)32(18)16-8-6-7-9-16)29-17-11-10-15(24(33)34)12-20(17)36-3/h10-14,16,18H,4-9H2,1-3H3,(H,33,34)(H,27,29,30)/t18-/m1/s1. The molecule has 2 N–H and O–H groups in total. The molecule has 0 bridgehead atoms. The third-order valence-electron chi connectivity index (χ3n) is 6.98. The highest BCUT2D eigenvalue weighted by Crippen LogP contribution is 2.45. The molecule has 1 aromatic carbocycles. The Labute approximate surface area is 214 Å². The van der Waals surface area contributed by atoms with Gasteiger partial charge in [0.05, 0.1) is 42.9 Å². The number of benzene rings is 1. The number of carbonyl (C=O) groups excluding carboxylic acids is 1. The Kier molecular flexibility index (Phi) is 6.68. The van der Waals surface area contributed by atoms with Crippen molar-refractivity contribution in [1.82, 2.24) is 19.5 Å². The Morgan fingerprint density at radius 1 is 1.19 bits per heavy atom. The summed E-state index contributed by atoms with van der Waals surface area (Å²) in [5, 5.41) is 12.5. The minimum atomic E-state index is -1.04. The Morgan fingerprint density at radius 2 is 1.97 bits per heavy atom. The van der Waals surface area contributed by atoms with Crippen LogP contribution in [0.15, 0.2) is 30.7 Å². The van der Waals surface area contributed by atoms with E-state index in [-0.39, 0.29) is 24.3 Å². The first-order chi connectivity index (χ1) is 18.0. The van der Waals surface area contributed by atoms with Crippen LogP contribution in [-0.2, 0) is 4.74 Å². The minimum Gasteiger partial charge on any atom is -0.495 e. The molecule has 2 aromatic heterocycles. The molecule has 0 spiro atoms. The number of nitrogens with one attached hydrogen (secondary N) is 1. The van der Waals surface area contributed by atoms with E-state index in [1.807, 2.05) is 4.57 Å². The molecular formula is C26H30N6O5. The van der Waals surface area contributed by atoms with E-state index in [0.717, 1.165) is 49.3 Å². The Bertz CT molecular complexity index is 1330. The summed E-state index contributed by atoms with van der Waals surface area (Å²) >= 11 is 0. The molecule has 3 aromatic rings. The van der Waals surface area contributed by atoms with Crippen LogP contribution in [0, 0.1) is 0 Å². The van der Waals surface area contributed by atoms with Crippen molar-refractivity contribution in [2.45, 2.75) is 58.0 Å². The number of rotatable bonds is 8. The van der Waals surface area contributed by atoms with Crippen molar-refractivity contribution in [3.63, 3.8) is 0 Å². The highest BCUT2D eigenvalue weighted by molar-refractivity contribution is 5.90. The summed E-state index contributed by atoms with van der Waals surface area (Å²) in [6.07, 6.45) is 8.47. The third-order valence-corrected chi connectivity index (χ3v) is 6.98. The van der Waals surface area contributed by atoms with Gasteiger partial charge in [-0.15, -0.1) is 0 Å². The van der Waals surface area contributed by atoms with E-state index < -0.39 is 11.9 Å². The van der Waals surface area contributed by atoms with Crippen molar-refractivity contribution in [1.29, 1.82) is 0 Å². The fourth-order valence-corrected chi connectivity index (χ4v) is 5.34. The van der Waals surface area contributed by atoms with Crippen LogP contribution in [0.3, 0.4) is 0 Å². The highest BCUT2D eigenvalue weighted by atomic mass is 16.5. The number of aromatic nitrogens is 4. The molecule has 0 saturated heterocycles. The number of methoxy groups -OCH3 is 1. The number of carboxylic acid groups (broad SMARTS) is 1. The topological polar surface area (TPSA) is 132 Å². The van der Waals surface area contributed by atoms with Crippen LogP contribution < -0.4 is 15.0 Å². The molecule has 2 aliphatic rings. The predicted molar refractivity (Wildman–Crippen MR) is 136 cm³/mol. The zero-order chi connectivity index (χ0) is 26.1. The van der Waals surface area contributed by atoms with Gasteiger partial charge in [0.25, 0.3) is 0 Å². The lowest BCUT2D eigenvalue weighted by Crippen LogP contribution is -2.42. The molecule has 0 unspecified atom stereocenters. The van der Waals surface area contributed by atoms with Gasteiger partial charge in [-0.25, -0.2) is 19.6 Å². The number of aromatic carboxylic acids is 1. The molecule has 11 nitrogen and oxygen atoms in total. The molecule has 0 radical (unpaired) electrons. The molecule has 1 atom stereocenters. The lowest BCUT2D eigenvalue weighted by atomic mass is 10.00. The number of hydrogen-bond acceptors (Lipinski definition) is 9. The number of carboxylic acids is 1. The summed E-state index contributed by atoms with van der Waals surface area (Å²) in [6, 6.07) is 4.75. The second kappa shape index (κ2) is 10.1. The molecular weight excluding hydrogens is 476 g/mol. The van der Waals surface area contributed by atoms with Crippen molar-refractivity contribution in [3.8, 4) is 11.4 Å². The number of carbonyl (C=O) groups is 2. The smallest absolute Gasteiger partial charge is 0.358 e. The average molecular weight is 507 g/mol. The lowest BCUT2D eigenvalue weighted by Gasteiger charge is -2.42. The molecule has 1 saturated carbocycles. The second-order valence-corrected chi connectivity index (χ2v) is 9.09.